The second-order valence-electron chi connectivity index (χ2n) is 9.05. The molecular formula is C31H20Br2FN3O4. The third-order valence-electron chi connectivity index (χ3n) is 6.36. The van der Waals surface area contributed by atoms with Crippen molar-refractivity contribution in [3.8, 4) is 23.1 Å². The summed E-state index contributed by atoms with van der Waals surface area (Å²) in [4.78, 5) is 18.3. The lowest BCUT2D eigenvalue weighted by molar-refractivity contribution is 0.284. The van der Waals surface area contributed by atoms with Crippen molar-refractivity contribution in [3.63, 3.8) is 0 Å². The third kappa shape index (κ3) is 5.53. The van der Waals surface area contributed by atoms with Crippen molar-refractivity contribution < 1.29 is 18.3 Å². The van der Waals surface area contributed by atoms with E-state index in [0.717, 1.165) is 15.4 Å². The van der Waals surface area contributed by atoms with Crippen LogP contribution in [0.2, 0.25) is 0 Å². The van der Waals surface area contributed by atoms with E-state index in [1.54, 1.807) is 42.5 Å². The van der Waals surface area contributed by atoms with Crippen LogP contribution < -0.4 is 15.0 Å². The molecule has 0 N–H and O–H groups in total. The summed E-state index contributed by atoms with van der Waals surface area (Å²) in [7, 11) is 1.53. The number of halogens is 3. The largest absolute Gasteiger partial charge is 0.493 e. The van der Waals surface area contributed by atoms with Gasteiger partial charge in [-0.1, -0.05) is 40.2 Å². The molecular weight excluding hydrogens is 657 g/mol. The van der Waals surface area contributed by atoms with Gasteiger partial charge in [-0.15, -0.1) is 0 Å². The highest BCUT2D eigenvalue weighted by Crippen LogP contribution is 2.34. The zero-order valence-electron chi connectivity index (χ0n) is 21.5. The first-order valence-electron chi connectivity index (χ1n) is 12.4. The molecule has 0 spiro atoms. The summed E-state index contributed by atoms with van der Waals surface area (Å²) in [6.07, 6.45) is 1.54. The highest BCUT2D eigenvalue weighted by Gasteiger charge is 2.17. The van der Waals surface area contributed by atoms with Crippen LogP contribution in [-0.2, 0) is 6.61 Å². The fourth-order valence-electron chi connectivity index (χ4n) is 4.30. The summed E-state index contributed by atoms with van der Waals surface area (Å²) >= 11 is 7.05. The summed E-state index contributed by atoms with van der Waals surface area (Å²) in [5, 5.41) is 5.83. The van der Waals surface area contributed by atoms with Crippen LogP contribution in [0.25, 0.3) is 33.5 Å². The van der Waals surface area contributed by atoms with E-state index in [0.29, 0.717) is 43.8 Å². The van der Waals surface area contributed by atoms with Gasteiger partial charge in [-0.05, 0) is 82.2 Å². The quantitative estimate of drug-likeness (QED) is 0.160. The highest BCUT2D eigenvalue weighted by atomic mass is 79.9. The summed E-state index contributed by atoms with van der Waals surface area (Å²) in [6.45, 7) is 0.228. The zero-order valence-corrected chi connectivity index (χ0v) is 24.6. The molecule has 7 nitrogen and oxygen atoms in total. The SMILES string of the molecule is COc1cc(C=Nn2c(-c3cc4cc(Br)ccc4o3)nc3ccccc3c2=O)c(Br)cc1OCc1ccc(F)cc1. The van der Waals surface area contributed by atoms with Gasteiger partial charge in [0, 0.05) is 19.9 Å². The lowest BCUT2D eigenvalue weighted by Gasteiger charge is -2.13. The Morgan fingerprint density at radius 1 is 1.00 bits per heavy atom. The van der Waals surface area contributed by atoms with Crippen LogP contribution in [0.4, 0.5) is 4.39 Å². The van der Waals surface area contributed by atoms with Gasteiger partial charge in [0.15, 0.2) is 17.3 Å². The Kier molecular flexibility index (Phi) is 7.42. The minimum absolute atomic E-state index is 0.228. The molecule has 41 heavy (non-hydrogen) atoms. The maximum absolute atomic E-state index is 13.6. The molecule has 0 amide bonds. The van der Waals surface area contributed by atoms with Gasteiger partial charge in [-0.3, -0.25) is 4.79 Å². The minimum atomic E-state index is -0.342. The molecule has 2 heterocycles. The van der Waals surface area contributed by atoms with E-state index in [1.807, 2.05) is 30.3 Å². The van der Waals surface area contributed by atoms with Crippen LogP contribution in [0.1, 0.15) is 11.1 Å². The van der Waals surface area contributed by atoms with E-state index < -0.39 is 0 Å². The normalized spacial score (nSPS) is 11.5. The number of aromatic nitrogens is 2. The van der Waals surface area contributed by atoms with E-state index in [-0.39, 0.29) is 23.8 Å². The Labute approximate surface area is 250 Å². The van der Waals surface area contributed by atoms with Crippen molar-refractivity contribution in [2.24, 2.45) is 5.10 Å². The summed E-state index contributed by atoms with van der Waals surface area (Å²) in [5.41, 5.74) is 2.29. The lowest BCUT2D eigenvalue weighted by atomic mass is 10.2. The number of furan rings is 1. The van der Waals surface area contributed by atoms with E-state index in [2.05, 4.69) is 37.0 Å². The standard InChI is InChI=1S/C31H20Br2FN3O4/c1-39-27-14-20(24(33)15-28(27)40-17-18-6-9-22(34)10-7-18)16-35-37-30(36-25-5-3-2-4-23(25)31(37)38)29-13-19-12-21(32)8-11-26(19)41-29/h2-16H,17H2,1H3. The van der Waals surface area contributed by atoms with Gasteiger partial charge in [0.25, 0.3) is 5.56 Å². The molecule has 0 fully saturated rings. The Morgan fingerprint density at radius 3 is 2.61 bits per heavy atom. The van der Waals surface area contributed by atoms with Crippen LogP contribution in [0.3, 0.4) is 0 Å². The molecule has 0 atom stereocenters. The molecule has 6 rings (SSSR count). The lowest BCUT2D eigenvalue weighted by Crippen LogP contribution is -2.20. The maximum atomic E-state index is 13.6. The Hall–Kier alpha value is -4.28. The number of methoxy groups -OCH3 is 1. The fourth-order valence-corrected chi connectivity index (χ4v) is 5.10. The molecule has 4 aromatic carbocycles. The predicted octanol–water partition coefficient (Wildman–Crippen LogP) is 7.94. The number of ether oxygens (including phenoxy) is 2. The number of hydrogen-bond donors (Lipinski definition) is 0. The Morgan fingerprint density at radius 2 is 1.80 bits per heavy atom. The van der Waals surface area contributed by atoms with E-state index in [4.69, 9.17) is 18.9 Å². The summed E-state index contributed by atoms with van der Waals surface area (Å²) in [6, 6.07) is 24.2. The van der Waals surface area contributed by atoms with Crippen LogP contribution in [0, 0.1) is 5.82 Å². The molecule has 0 saturated heterocycles. The van der Waals surface area contributed by atoms with Crippen LogP contribution in [0.5, 0.6) is 11.5 Å². The number of rotatable bonds is 7. The second-order valence-corrected chi connectivity index (χ2v) is 10.8. The molecule has 0 aliphatic rings. The third-order valence-corrected chi connectivity index (χ3v) is 7.54. The molecule has 6 aromatic rings. The van der Waals surface area contributed by atoms with Crippen molar-refractivity contribution in [2.75, 3.05) is 7.11 Å². The average Bonchev–Trinajstić information content (AvgIpc) is 3.40. The first kappa shape index (κ1) is 26.9. The van der Waals surface area contributed by atoms with Gasteiger partial charge in [0.1, 0.15) is 18.0 Å². The van der Waals surface area contributed by atoms with E-state index in [1.165, 1.54) is 30.1 Å². The van der Waals surface area contributed by atoms with Gasteiger partial charge in [0.2, 0.25) is 5.82 Å². The number of para-hydroxylation sites is 1. The van der Waals surface area contributed by atoms with Gasteiger partial charge in [-0.25, -0.2) is 9.37 Å². The van der Waals surface area contributed by atoms with Gasteiger partial charge >= 0.3 is 0 Å². The number of fused-ring (bicyclic) bond motifs is 2. The van der Waals surface area contributed by atoms with Gasteiger partial charge < -0.3 is 13.9 Å². The van der Waals surface area contributed by atoms with E-state index >= 15 is 0 Å². The van der Waals surface area contributed by atoms with Crippen LogP contribution in [0.15, 0.2) is 108 Å². The second kappa shape index (κ2) is 11.3. The molecule has 0 bridgehead atoms. The molecule has 0 radical (unpaired) electrons. The Balaban J connectivity index is 1.39. The first-order valence-corrected chi connectivity index (χ1v) is 14.0. The maximum Gasteiger partial charge on any atom is 0.282 e. The van der Waals surface area contributed by atoms with Crippen molar-refractivity contribution in [3.05, 3.63) is 121 Å². The van der Waals surface area contributed by atoms with Crippen molar-refractivity contribution in [1.29, 1.82) is 0 Å². The van der Waals surface area contributed by atoms with Crippen molar-refractivity contribution >= 4 is 59.9 Å². The first-order chi connectivity index (χ1) is 19.9. The molecule has 0 aliphatic carbocycles. The van der Waals surface area contributed by atoms with Crippen LogP contribution in [-0.4, -0.2) is 23.0 Å². The van der Waals surface area contributed by atoms with Gasteiger partial charge in [-0.2, -0.15) is 9.78 Å². The Bertz CT molecular complexity index is 2000. The number of hydrogen-bond acceptors (Lipinski definition) is 6. The monoisotopic (exact) mass is 675 g/mol. The fraction of sp³-hybridized carbons (Fsp3) is 0.0645. The number of benzene rings is 4. The summed E-state index contributed by atoms with van der Waals surface area (Å²) in [5.74, 6) is 1.30. The van der Waals surface area contributed by atoms with Gasteiger partial charge in [0.05, 0.1) is 24.2 Å². The smallest absolute Gasteiger partial charge is 0.282 e. The predicted molar refractivity (Wildman–Crippen MR) is 163 cm³/mol. The topological polar surface area (TPSA) is 78.9 Å². The average molecular weight is 677 g/mol. The molecule has 2 aromatic heterocycles. The zero-order chi connectivity index (χ0) is 28.5. The molecule has 0 unspecified atom stereocenters. The molecule has 0 aliphatic heterocycles. The summed E-state index contributed by atoms with van der Waals surface area (Å²) < 4.78 is 33.6. The van der Waals surface area contributed by atoms with E-state index in [9.17, 15) is 9.18 Å². The number of nitrogens with zero attached hydrogens (tertiary/aromatic N) is 3. The minimum Gasteiger partial charge on any atom is -0.493 e. The highest BCUT2D eigenvalue weighted by molar-refractivity contribution is 9.10. The van der Waals surface area contributed by atoms with Crippen LogP contribution >= 0.6 is 31.9 Å². The van der Waals surface area contributed by atoms with Crippen molar-refractivity contribution in [1.82, 2.24) is 9.66 Å². The molecule has 0 saturated carbocycles. The van der Waals surface area contributed by atoms with Crippen molar-refractivity contribution in [2.45, 2.75) is 6.61 Å². The molecule has 10 heteroatoms. The molecule has 204 valence electrons.